The highest BCUT2D eigenvalue weighted by molar-refractivity contribution is 5.26. The van der Waals surface area contributed by atoms with Crippen LogP contribution in [-0.4, -0.2) is 15.8 Å². The third-order valence-corrected chi connectivity index (χ3v) is 4.31. The van der Waals surface area contributed by atoms with Crippen molar-refractivity contribution in [2.75, 3.05) is 0 Å². The predicted molar refractivity (Wildman–Crippen MR) is 78.0 cm³/mol. The van der Waals surface area contributed by atoms with Gasteiger partial charge in [-0.2, -0.15) is 0 Å². The van der Waals surface area contributed by atoms with E-state index >= 15 is 0 Å². The molecule has 0 radical (unpaired) electrons. The third-order valence-electron chi connectivity index (χ3n) is 4.31. The zero-order valence-corrected chi connectivity index (χ0v) is 11.9. The Bertz CT molecular complexity index is 375. The topological polar surface area (TPSA) is 40.5 Å². The molecule has 0 spiro atoms. The lowest BCUT2D eigenvalue weighted by Gasteiger charge is -2.32. The molecule has 1 unspecified atom stereocenters. The summed E-state index contributed by atoms with van der Waals surface area (Å²) in [4.78, 5) is 0. The second-order valence-corrected chi connectivity index (χ2v) is 5.91. The number of benzene rings is 1. The lowest BCUT2D eigenvalue weighted by molar-refractivity contribution is -0.0867. The molecule has 2 rings (SSSR count). The summed E-state index contributed by atoms with van der Waals surface area (Å²) in [6.07, 6.45) is 7.25. The van der Waals surface area contributed by atoms with Crippen molar-refractivity contribution < 1.29 is 10.2 Å². The summed E-state index contributed by atoms with van der Waals surface area (Å²) in [5, 5.41) is 21.2. The van der Waals surface area contributed by atoms with Crippen molar-refractivity contribution in [2.24, 2.45) is 0 Å². The monoisotopic (exact) mass is 262 g/mol. The van der Waals surface area contributed by atoms with E-state index in [1.807, 2.05) is 12.1 Å². The number of aliphatic hydroxyl groups is 2. The van der Waals surface area contributed by atoms with E-state index in [2.05, 4.69) is 19.1 Å². The Kier molecular flexibility index (Phi) is 5.00. The van der Waals surface area contributed by atoms with Crippen LogP contribution < -0.4 is 0 Å². The molecule has 19 heavy (non-hydrogen) atoms. The summed E-state index contributed by atoms with van der Waals surface area (Å²) in [6.45, 7) is 2.16. The molecule has 1 fully saturated rings. The minimum atomic E-state index is -0.928. The molecule has 0 aromatic heterocycles. The molecule has 1 aliphatic carbocycles. The van der Waals surface area contributed by atoms with Crippen LogP contribution in [0.1, 0.15) is 69.1 Å². The maximum Gasteiger partial charge on any atom is 0.108 e. The van der Waals surface area contributed by atoms with Crippen LogP contribution in [-0.2, 0) is 6.42 Å². The third kappa shape index (κ3) is 3.58. The molecule has 1 saturated carbocycles. The SMILES string of the molecule is CCCc1ccc(C(O)C2(O)CCCCCC2)cc1. The molecular weight excluding hydrogens is 236 g/mol. The molecule has 1 atom stereocenters. The molecule has 0 saturated heterocycles. The van der Waals surface area contributed by atoms with Crippen molar-refractivity contribution in [3.05, 3.63) is 35.4 Å². The van der Waals surface area contributed by atoms with Gasteiger partial charge in [-0.05, 0) is 30.4 Å². The molecule has 1 aromatic rings. The molecule has 1 aromatic carbocycles. The Morgan fingerprint density at radius 2 is 1.63 bits per heavy atom. The van der Waals surface area contributed by atoms with E-state index in [0.29, 0.717) is 12.8 Å². The Labute approximate surface area is 116 Å². The molecule has 2 nitrogen and oxygen atoms in total. The van der Waals surface area contributed by atoms with Crippen LogP contribution in [0, 0.1) is 0 Å². The first kappa shape index (κ1) is 14.5. The summed E-state index contributed by atoms with van der Waals surface area (Å²) in [6, 6.07) is 8.08. The highest BCUT2D eigenvalue weighted by atomic mass is 16.3. The molecule has 2 heteroatoms. The second kappa shape index (κ2) is 6.53. The number of aryl methyl sites for hydroxylation is 1. The Morgan fingerprint density at radius 3 is 2.16 bits per heavy atom. The number of aliphatic hydroxyl groups excluding tert-OH is 1. The first-order chi connectivity index (χ1) is 9.15. The van der Waals surface area contributed by atoms with Crippen LogP contribution in [0.5, 0.6) is 0 Å². The van der Waals surface area contributed by atoms with Gasteiger partial charge in [0, 0.05) is 0 Å². The van der Waals surface area contributed by atoms with E-state index in [1.165, 1.54) is 18.4 Å². The van der Waals surface area contributed by atoms with E-state index in [4.69, 9.17) is 0 Å². The van der Waals surface area contributed by atoms with Crippen molar-refractivity contribution in [3.8, 4) is 0 Å². The Morgan fingerprint density at radius 1 is 1.05 bits per heavy atom. The van der Waals surface area contributed by atoms with Crippen LogP contribution in [0.3, 0.4) is 0 Å². The first-order valence-corrected chi connectivity index (χ1v) is 7.65. The van der Waals surface area contributed by atoms with Crippen LogP contribution >= 0.6 is 0 Å². The normalized spacial score (nSPS) is 20.8. The fourth-order valence-electron chi connectivity index (χ4n) is 3.08. The number of hydrogen-bond acceptors (Lipinski definition) is 2. The summed E-state index contributed by atoms with van der Waals surface area (Å²) >= 11 is 0. The van der Waals surface area contributed by atoms with E-state index in [9.17, 15) is 10.2 Å². The van der Waals surface area contributed by atoms with E-state index in [1.54, 1.807) is 0 Å². The molecule has 0 bridgehead atoms. The predicted octanol–water partition coefficient (Wildman–Crippen LogP) is 3.76. The van der Waals surface area contributed by atoms with Crippen molar-refractivity contribution in [1.82, 2.24) is 0 Å². The van der Waals surface area contributed by atoms with Gasteiger partial charge in [0.2, 0.25) is 0 Å². The smallest absolute Gasteiger partial charge is 0.108 e. The number of hydrogen-bond donors (Lipinski definition) is 2. The highest BCUT2D eigenvalue weighted by Gasteiger charge is 2.36. The lowest BCUT2D eigenvalue weighted by Crippen LogP contribution is -2.35. The summed E-state index contributed by atoms with van der Waals surface area (Å²) in [5.41, 5.74) is 1.22. The van der Waals surface area contributed by atoms with Gasteiger partial charge in [-0.1, -0.05) is 63.3 Å². The minimum absolute atomic E-state index is 0.713. The number of rotatable bonds is 4. The Balaban J connectivity index is 2.10. The highest BCUT2D eigenvalue weighted by Crippen LogP contribution is 2.37. The fraction of sp³-hybridized carbons (Fsp3) is 0.647. The van der Waals surface area contributed by atoms with Gasteiger partial charge >= 0.3 is 0 Å². The van der Waals surface area contributed by atoms with Gasteiger partial charge in [-0.25, -0.2) is 0 Å². The van der Waals surface area contributed by atoms with Crippen LogP contribution in [0.25, 0.3) is 0 Å². The second-order valence-electron chi connectivity index (χ2n) is 5.91. The Hall–Kier alpha value is -0.860. The average molecular weight is 262 g/mol. The van der Waals surface area contributed by atoms with Gasteiger partial charge in [-0.3, -0.25) is 0 Å². The molecule has 106 valence electrons. The average Bonchev–Trinajstić information content (AvgIpc) is 2.65. The quantitative estimate of drug-likeness (QED) is 0.811. The molecule has 2 N–H and O–H groups in total. The van der Waals surface area contributed by atoms with Crippen molar-refractivity contribution in [1.29, 1.82) is 0 Å². The zero-order chi connectivity index (χ0) is 13.7. The summed E-state index contributed by atoms with van der Waals surface area (Å²) in [7, 11) is 0. The fourth-order valence-corrected chi connectivity index (χ4v) is 3.08. The first-order valence-electron chi connectivity index (χ1n) is 7.65. The minimum Gasteiger partial charge on any atom is -0.387 e. The van der Waals surface area contributed by atoms with Gasteiger partial charge in [0.05, 0.1) is 5.60 Å². The van der Waals surface area contributed by atoms with Crippen LogP contribution in [0.15, 0.2) is 24.3 Å². The van der Waals surface area contributed by atoms with Gasteiger partial charge < -0.3 is 10.2 Å². The maximum atomic E-state index is 10.7. The molecule has 0 amide bonds. The maximum absolute atomic E-state index is 10.7. The van der Waals surface area contributed by atoms with Gasteiger partial charge in [-0.15, -0.1) is 0 Å². The lowest BCUT2D eigenvalue weighted by atomic mass is 9.84. The summed E-state index contributed by atoms with van der Waals surface area (Å²) in [5.74, 6) is 0. The molecular formula is C17H26O2. The van der Waals surface area contributed by atoms with E-state index in [0.717, 1.165) is 31.2 Å². The van der Waals surface area contributed by atoms with Crippen LogP contribution in [0.2, 0.25) is 0 Å². The molecule has 0 heterocycles. The van der Waals surface area contributed by atoms with Crippen molar-refractivity contribution >= 4 is 0 Å². The van der Waals surface area contributed by atoms with Gasteiger partial charge in [0.25, 0.3) is 0 Å². The van der Waals surface area contributed by atoms with Crippen molar-refractivity contribution in [3.63, 3.8) is 0 Å². The zero-order valence-electron chi connectivity index (χ0n) is 11.9. The largest absolute Gasteiger partial charge is 0.387 e. The van der Waals surface area contributed by atoms with Gasteiger partial charge in [0.15, 0.2) is 0 Å². The molecule has 0 aliphatic heterocycles. The van der Waals surface area contributed by atoms with Gasteiger partial charge in [0.1, 0.15) is 6.10 Å². The summed E-state index contributed by atoms with van der Waals surface area (Å²) < 4.78 is 0. The van der Waals surface area contributed by atoms with Crippen molar-refractivity contribution in [2.45, 2.75) is 70.0 Å². The molecule has 1 aliphatic rings. The van der Waals surface area contributed by atoms with E-state index in [-0.39, 0.29) is 0 Å². The van der Waals surface area contributed by atoms with Crippen LogP contribution in [0.4, 0.5) is 0 Å². The van der Waals surface area contributed by atoms with E-state index < -0.39 is 11.7 Å². The standard InChI is InChI=1S/C17H26O2/c1-2-7-14-8-10-15(11-9-14)16(18)17(19)12-5-3-4-6-13-17/h8-11,16,18-19H,2-7,12-13H2,1H3.